The maximum Gasteiger partial charge on any atom is 0.214 e. The van der Waals surface area contributed by atoms with Crippen molar-refractivity contribution in [2.75, 3.05) is 12.4 Å². The minimum atomic E-state index is -0.425. The van der Waals surface area contributed by atoms with Crippen LogP contribution < -0.4 is 0 Å². The average Bonchev–Trinajstić information content (AvgIpc) is 3.44. The van der Waals surface area contributed by atoms with Gasteiger partial charge in [0.25, 0.3) is 0 Å². The standard InChI is InChI=1S/C20H22FN5O2S/c1-13-10-16(14(2)25(13)11-15-6-5-9-28-15)19(27)12-29-20-22-23-24-26(20)18-8-4-3-7-17(18)21/h3-4,7-8,10,15H,5-6,9,11-12H2,1-2H3. The Morgan fingerprint density at radius 2 is 2.17 bits per heavy atom. The molecule has 4 rings (SSSR count). The molecule has 1 saturated heterocycles. The van der Waals surface area contributed by atoms with Gasteiger partial charge in [-0.2, -0.15) is 4.68 Å². The van der Waals surface area contributed by atoms with Gasteiger partial charge < -0.3 is 9.30 Å². The van der Waals surface area contributed by atoms with Crippen LogP contribution >= 0.6 is 11.8 Å². The molecular weight excluding hydrogens is 393 g/mol. The highest BCUT2D eigenvalue weighted by atomic mass is 32.2. The highest BCUT2D eigenvalue weighted by molar-refractivity contribution is 7.99. The smallest absolute Gasteiger partial charge is 0.214 e. The van der Waals surface area contributed by atoms with E-state index < -0.39 is 5.82 Å². The summed E-state index contributed by atoms with van der Waals surface area (Å²) >= 11 is 1.19. The molecule has 7 nitrogen and oxygen atoms in total. The topological polar surface area (TPSA) is 74.8 Å². The number of para-hydroxylation sites is 1. The molecule has 0 aliphatic carbocycles. The summed E-state index contributed by atoms with van der Waals surface area (Å²) < 4.78 is 23.3. The summed E-state index contributed by atoms with van der Waals surface area (Å²) in [4.78, 5) is 12.9. The number of aromatic nitrogens is 5. The minimum Gasteiger partial charge on any atom is -0.376 e. The Morgan fingerprint density at radius 1 is 1.34 bits per heavy atom. The molecule has 0 amide bonds. The molecule has 1 aliphatic rings. The van der Waals surface area contributed by atoms with Crippen molar-refractivity contribution < 1.29 is 13.9 Å². The lowest BCUT2D eigenvalue weighted by Crippen LogP contribution is -2.17. The van der Waals surface area contributed by atoms with E-state index in [9.17, 15) is 9.18 Å². The monoisotopic (exact) mass is 415 g/mol. The SMILES string of the molecule is Cc1cc(C(=O)CSc2nnnn2-c2ccccc2F)c(C)n1CC1CCCO1. The van der Waals surface area contributed by atoms with Gasteiger partial charge in [-0.05, 0) is 55.3 Å². The number of hydrogen-bond acceptors (Lipinski definition) is 6. The van der Waals surface area contributed by atoms with E-state index in [0.717, 1.165) is 37.4 Å². The molecule has 1 aromatic carbocycles. The van der Waals surface area contributed by atoms with Gasteiger partial charge in [0.05, 0.1) is 11.9 Å². The number of halogens is 1. The molecule has 1 atom stereocenters. The third-order valence-electron chi connectivity index (χ3n) is 5.14. The predicted octanol–water partition coefficient (Wildman–Crippen LogP) is 3.37. The van der Waals surface area contributed by atoms with Crippen molar-refractivity contribution in [1.29, 1.82) is 0 Å². The second-order valence-electron chi connectivity index (χ2n) is 7.07. The summed E-state index contributed by atoms with van der Waals surface area (Å²) in [6, 6.07) is 8.18. The number of thioether (sulfide) groups is 1. The first kappa shape index (κ1) is 19.8. The van der Waals surface area contributed by atoms with Crippen molar-refractivity contribution in [2.24, 2.45) is 0 Å². The Labute approximate surface area is 172 Å². The lowest BCUT2D eigenvalue weighted by atomic mass is 10.2. The number of rotatable bonds is 7. The first-order chi connectivity index (χ1) is 14.0. The van der Waals surface area contributed by atoms with Crippen LogP contribution in [0, 0.1) is 19.7 Å². The summed E-state index contributed by atoms with van der Waals surface area (Å²) in [5.74, 6) is -0.269. The van der Waals surface area contributed by atoms with Crippen LogP contribution in [0.3, 0.4) is 0 Å². The van der Waals surface area contributed by atoms with Crippen molar-refractivity contribution in [2.45, 2.75) is 44.5 Å². The van der Waals surface area contributed by atoms with Gasteiger partial charge in [0.2, 0.25) is 5.16 Å². The van der Waals surface area contributed by atoms with Crippen LogP contribution in [0.15, 0.2) is 35.5 Å². The number of tetrazole rings is 1. The summed E-state index contributed by atoms with van der Waals surface area (Å²) in [6.07, 6.45) is 2.35. The van der Waals surface area contributed by atoms with Crippen molar-refractivity contribution in [3.05, 3.63) is 53.1 Å². The van der Waals surface area contributed by atoms with E-state index in [-0.39, 0.29) is 23.3 Å². The van der Waals surface area contributed by atoms with Crippen LogP contribution in [-0.2, 0) is 11.3 Å². The van der Waals surface area contributed by atoms with Crippen LogP contribution in [0.5, 0.6) is 0 Å². The van der Waals surface area contributed by atoms with Gasteiger partial charge in [-0.3, -0.25) is 4.79 Å². The molecule has 9 heteroatoms. The zero-order chi connectivity index (χ0) is 20.4. The zero-order valence-corrected chi connectivity index (χ0v) is 17.2. The molecule has 0 spiro atoms. The van der Waals surface area contributed by atoms with Crippen molar-refractivity contribution in [1.82, 2.24) is 24.8 Å². The minimum absolute atomic E-state index is 0.00947. The van der Waals surface area contributed by atoms with E-state index in [1.807, 2.05) is 19.9 Å². The maximum absolute atomic E-state index is 14.1. The van der Waals surface area contributed by atoms with Crippen LogP contribution in [0.1, 0.15) is 34.6 Å². The van der Waals surface area contributed by atoms with Gasteiger partial charge in [-0.15, -0.1) is 5.10 Å². The van der Waals surface area contributed by atoms with E-state index in [2.05, 4.69) is 20.1 Å². The number of carbonyl (C=O) groups is 1. The number of benzene rings is 1. The lowest BCUT2D eigenvalue weighted by Gasteiger charge is -2.14. The van der Waals surface area contributed by atoms with Crippen molar-refractivity contribution in [3.8, 4) is 5.69 Å². The second kappa shape index (κ2) is 8.46. The fourth-order valence-electron chi connectivity index (χ4n) is 3.61. The first-order valence-electron chi connectivity index (χ1n) is 9.52. The van der Waals surface area contributed by atoms with Gasteiger partial charge in [0, 0.05) is 30.1 Å². The summed E-state index contributed by atoms with van der Waals surface area (Å²) in [7, 11) is 0. The molecule has 152 valence electrons. The highest BCUT2D eigenvalue weighted by Gasteiger charge is 2.22. The number of ketones is 1. The Hall–Kier alpha value is -2.52. The molecule has 1 aliphatic heterocycles. The highest BCUT2D eigenvalue weighted by Crippen LogP contribution is 2.24. The number of carbonyl (C=O) groups excluding carboxylic acids is 1. The molecule has 29 heavy (non-hydrogen) atoms. The quantitative estimate of drug-likeness (QED) is 0.435. The zero-order valence-electron chi connectivity index (χ0n) is 16.3. The number of Topliss-reactive ketones (excluding diaryl/α,β-unsaturated/α-hetero) is 1. The fourth-order valence-corrected chi connectivity index (χ4v) is 4.37. The molecule has 0 saturated carbocycles. The third-order valence-corrected chi connectivity index (χ3v) is 6.06. The Balaban J connectivity index is 1.47. The molecule has 0 N–H and O–H groups in total. The number of nitrogens with zero attached hydrogens (tertiary/aromatic N) is 5. The third kappa shape index (κ3) is 4.11. The molecular formula is C20H22FN5O2S. The molecule has 0 bridgehead atoms. The Morgan fingerprint density at radius 3 is 2.93 bits per heavy atom. The van der Waals surface area contributed by atoms with E-state index in [0.29, 0.717) is 10.7 Å². The fraction of sp³-hybridized carbons (Fsp3) is 0.400. The van der Waals surface area contributed by atoms with Gasteiger partial charge in [-0.1, -0.05) is 23.9 Å². The number of ether oxygens (including phenoxy) is 1. The summed E-state index contributed by atoms with van der Waals surface area (Å²) in [5.41, 5.74) is 2.93. The summed E-state index contributed by atoms with van der Waals surface area (Å²) in [5, 5.41) is 11.8. The van der Waals surface area contributed by atoms with E-state index in [1.165, 1.54) is 22.5 Å². The van der Waals surface area contributed by atoms with Crippen molar-refractivity contribution >= 4 is 17.5 Å². The largest absolute Gasteiger partial charge is 0.376 e. The molecule has 1 fully saturated rings. The predicted molar refractivity (Wildman–Crippen MR) is 107 cm³/mol. The molecule has 3 aromatic rings. The van der Waals surface area contributed by atoms with E-state index in [1.54, 1.807) is 18.2 Å². The van der Waals surface area contributed by atoms with Gasteiger partial charge in [0.15, 0.2) is 5.78 Å². The van der Waals surface area contributed by atoms with Crippen LogP contribution in [-0.4, -0.2) is 49.0 Å². The van der Waals surface area contributed by atoms with Crippen LogP contribution in [0.4, 0.5) is 4.39 Å². The van der Waals surface area contributed by atoms with Gasteiger partial charge in [-0.25, -0.2) is 4.39 Å². The average molecular weight is 415 g/mol. The lowest BCUT2D eigenvalue weighted by molar-refractivity contribution is 0.0957. The first-order valence-corrected chi connectivity index (χ1v) is 10.5. The molecule has 3 heterocycles. The van der Waals surface area contributed by atoms with Gasteiger partial charge in [0.1, 0.15) is 11.5 Å². The van der Waals surface area contributed by atoms with Crippen LogP contribution in [0.2, 0.25) is 0 Å². The van der Waals surface area contributed by atoms with E-state index in [4.69, 9.17) is 4.74 Å². The van der Waals surface area contributed by atoms with E-state index >= 15 is 0 Å². The van der Waals surface area contributed by atoms with Gasteiger partial charge >= 0.3 is 0 Å². The number of aryl methyl sites for hydroxylation is 1. The van der Waals surface area contributed by atoms with Crippen molar-refractivity contribution in [3.63, 3.8) is 0 Å². The molecule has 0 radical (unpaired) electrons. The molecule has 1 unspecified atom stereocenters. The Kier molecular flexibility index (Phi) is 5.77. The van der Waals surface area contributed by atoms with Crippen LogP contribution in [0.25, 0.3) is 5.69 Å². The second-order valence-corrected chi connectivity index (χ2v) is 8.01. The Bertz CT molecular complexity index is 1030. The summed E-state index contributed by atoms with van der Waals surface area (Å²) in [6.45, 7) is 5.54. The maximum atomic E-state index is 14.1. The molecule has 2 aromatic heterocycles. The normalized spacial score (nSPS) is 16.4. The number of hydrogen-bond donors (Lipinski definition) is 0.